The minimum atomic E-state index is -0.239. The zero-order valence-electron chi connectivity index (χ0n) is 7.39. The summed E-state index contributed by atoms with van der Waals surface area (Å²) in [6.07, 6.45) is 0. The van der Waals surface area contributed by atoms with Crippen LogP contribution in [0.15, 0.2) is 18.2 Å². The number of para-hydroxylation sites is 1. The fraction of sp³-hybridized carbons (Fsp3) is 0.125. The topological polar surface area (TPSA) is 86.8 Å². The molecule has 0 aliphatic rings. The van der Waals surface area contributed by atoms with Gasteiger partial charge in [-0.3, -0.25) is 0 Å². The molecular formula is C8H7N4O2-. The Morgan fingerprint density at radius 3 is 2.93 bits per heavy atom. The summed E-state index contributed by atoms with van der Waals surface area (Å²) in [7, 11) is 1.44. The predicted octanol–water partition coefficient (Wildman–Crippen LogP) is -0.0511. The van der Waals surface area contributed by atoms with E-state index in [1.54, 1.807) is 18.2 Å². The zero-order valence-corrected chi connectivity index (χ0v) is 7.39. The standard InChI is InChI=1S/C8H8N4O2/c1-14-6-4-2-3-5(7(6)13)8-9-11-12-10-8/h2-4,13H,1H3,(H,9,10,11,12)/p-1. The lowest BCUT2D eigenvalue weighted by molar-refractivity contribution is -0.269. The average Bonchev–Trinajstić information content (AvgIpc) is 2.71. The minimum Gasteiger partial charge on any atom is -0.869 e. The van der Waals surface area contributed by atoms with Gasteiger partial charge in [-0.2, -0.15) is 5.21 Å². The molecule has 0 aliphatic heterocycles. The highest BCUT2D eigenvalue weighted by atomic mass is 16.5. The lowest BCUT2D eigenvalue weighted by atomic mass is 10.2. The molecule has 14 heavy (non-hydrogen) atoms. The van der Waals surface area contributed by atoms with Crippen LogP contribution >= 0.6 is 0 Å². The summed E-state index contributed by atoms with van der Waals surface area (Å²) in [6, 6.07) is 4.91. The molecule has 6 nitrogen and oxygen atoms in total. The summed E-state index contributed by atoms with van der Waals surface area (Å²) >= 11 is 0. The van der Waals surface area contributed by atoms with Gasteiger partial charge in [-0.1, -0.05) is 17.9 Å². The summed E-state index contributed by atoms with van der Waals surface area (Å²) in [4.78, 5) is 0. The van der Waals surface area contributed by atoms with E-state index in [2.05, 4.69) is 20.6 Å². The number of aromatic nitrogens is 4. The molecule has 2 aromatic rings. The Morgan fingerprint density at radius 1 is 1.43 bits per heavy atom. The van der Waals surface area contributed by atoms with Crippen molar-refractivity contribution < 1.29 is 9.84 Å². The Morgan fingerprint density at radius 2 is 2.29 bits per heavy atom. The summed E-state index contributed by atoms with van der Waals surface area (Å²) in [6.45, 7) is 0. The van der Waals surface area contributed by atoms with Crippen LogP contribution in [0, 0.1) is 0 Å². The molecule has 0 amide bonds. The molecule has 1 aromatic carbocycles. The molecule has 0 saturated carbocycles. The largest absolute Gasteiger partial charge is 0.869 e. The number of tetrazole rings is 1. The fourth-order valence-corrected chi connectivity index (χ4v) is 1.13. The molecule has 2 rings (SSSR count). The van der Waals surface area contributed by atoms with Crippen molar-refractivity contribution in [2.45, 2.75) is 0 Å². The summed E-state index contributed by atoms with van der Waals surface area (Å²) in [5.74, 6) is 0.303. The Kier molecular flexibility index (Phi) is 2.02. The van der Waals surface area contributed by atoms with Crippen LogP contribution in [0.5, 0.6) is 11.5 Å². The van der Waals surface area contributed by atoms with Gasteiger partial charge in [0.15, 0.2) is 0 Å². The summed E-state index contributed by atoms with van der Waals surface area (Å²) in [5.41, 5.74) is 0.373. The molecule has 1 aromatic heterocycles. The van der Waals surface area contributed by atoms with Gasteiger partial charge >= 0.3 is 0 Å². The molecule has 1 N–H and O–H groups in total. The van der Waals surface area contributed by atoms with Gasteiger partial charge in [0, 0.05) is 5.56 Å². The highest BCUT2D eigenvalue weighted by Gasteiger charge is 2.05. The van der Waals surface area contributed by atoms with Crippen molar-refractivity contribution in [2.75, 3.05) is 7.11 Å². The first-order valence-electron chi connectivity index (χ1n) is 3.90. The van der Waals surface area contributed by atoms with Crippen molar-refractivity contribution in [3.63, 3.8) is 0 Å². The van der Waals surface area contributed by atoms with E-state index in [1.807, 2.05) is 0 Å². The third-order valence-electron chi connectivity index (χ3n) is 1.79. The van der Waals surface area contributed by atoms with Gasteiger partial charge in [0.25, 0.3) is 0 Å². The molecule has 0 aliphatic carbocycles. The summed E-state index contributed by atoms with van der Waals surface area (Å²) in [5, 5.41) is 24.8. The molecule has 0 atom stereocenters. The molecule has 0 bridgehead atoms. The molecule has 0 spiro atoms. The van der Waals surface area contributed by atoms with Crippen molar-refractivity contribution in [3.05, 3.63) is 18.2 Å². The van der Waals surface area contributed by atoms with Gasteiger partial charge in [0.2, 0.25) is 5.82 Å². The maximum atomic E-state index is 11.7. The van der Waals surface area contributed by atoms with E-state index in [1.165, 1.54) is 7.11 Å². The van der Waals surface area contributed by atoms with Crippen molar-refractivity contribution in [3.8, 4) is 22.9 Å². The van der Waals surface area contributed by atoms with Crippen molar-refractivity contribution >= 4 is 0 Å². The van der Waals surface area contributed by atoms with Crippen LogP contribution < -0.4 is 9.84 Å². The number of benzene rings is 1. The van der Waals surface area contributed by atoms with E-state index in [0.29, 0.717) is 5.56 Å². The molecule has 0 unspecified atom stereocenters. The van der Waals surface area contributed by atoms with E-state index in [-0.39, 0.29) is 17.3 Å². The molecule has 0 saturated heterocycles. The van der Waals surface area contributed by atoms with Crippen molar-refractivity contribution in [2.24, 2.45) is 0 Å². The monoisotopic (exact) mass is 191 g/mol. The second-order valence-electron chi connectivity index (χ2n) is 2.57. The minimum absolute atomic E-state index is 0.239. The Balaban J connectivity index is 2.54. The number of ether oxygens (including phenoxy) is 1. The smallest absolute Gasteiger partial charge is 0.204 e. The van der Waals surface area contributed by atoms with Crippen molar-refractivity contribution in [1.29, 1.82) is 0 Å². The first kappa shape index (κ1) is 8.49. The number of rotatable bonds is 2. The highest BCUT2D eigenvalue weighted by Crippen LogP contribution is 2.31. The first-order chi connectivity index (χ1) is 6.83. The number of methoxy groups -OCH3 is 1. The number of H-pyrrole nitrogens is 1. The van der Waals surface area contributed by atoms with E-state index in [0.717, 1.165) is 0 Å². The normalized spacial score (nSPS) is 10.1. The van der Waals surface area contributed by atoms with E-state index in [4.69, 9.17) is 4.74 Å². The van der Waals surface area contributed by atoms with Crippen LogP contribution in [-0.2, 0) is 0 Å². The van der Waals surface area contributed by atoms with Gasteiger partial charge in [-0.05, 0) is 11.3 Å². The Hall–Kier alpha value is -2.11. The maximum Gasteiger partial charge on any atom is 0.204 e. The maximum absolute atomic E-state index is 11.7. The second-order valence-corrected chi connectivity index (χ2v) is 2.57. The number of hydrogen-bond acceptors (Lipinski definition) is 5. The number of nitrogens with zero attached hydrogens (tertiary/aromatic N) is 3. The molecule has 6 heteroatoms. The van der Waals surface area contributed by atoms with Gasteiger partial charge in [-0.15, -0.1) is 10.2 Å². The Bertz CT molecular complexity index is 427. The van der Waals surface area contributed by atoms with Gasteiger partial charge < -0.3 is 9.84 Å². The lowest BCUT2D eigenvalue weighted by Gasteiger charge is -2.14. The second kappa shape index (κ2) is 3.33. The van der Waals surface area contributed by atoms with Crippen LogP contribution in [0.4, 0.5) is 0 Å². The van der Waals surface area contributed by atoms with Crippen LogP contribution in [0.3, 0.4) is 0 Å². The SMILES string of the molecule is COc1cccc(-c2nn[nH]n2)c1[O-]. The van der Waals surface area contributed by atoms with E-state index in [9.17, 15) is 5.11 Å². The fourth-order valence-electron chi connectivity index (χ4n) is 1.13. The van der Waals surface area contributed by atoms with Gasteiger partial charge in [-0.25, -0.2) is 0 Å². The summed E-state index contributed by atoms with van der Waals surface area (Å²) < 4.78 is 4.89. The first-order valence-corrected chi connectivity index (χ1v) is 3.90. The van der Waals surface area contributed by atoms with Crippen molar-refractivity contribution in [1.82, 2.24) is 20.6 Å². The molecule has 0 fully saturated rings. The molecule has 0 radical (unpaired) electrons. The predicted molar refractivity (Wildman–Crippen MR) is 45.6 cm³/mol. The van der Waals surface area contributed by atoms with E-state index >= 15 is 0 Å². The lowest BCUT2D eigenvalue weighted by Crippen LogP contribution is -1.98. The van der Waals surface area contributed by atoms with Gasteiger partial charge in [0.1, 0.15) is 5.75 Å². The zero-order chi connectivity index (χ0) is 9.97. The third-order valence-corrected chi connectivity index (χ3v) is 1.79. The molecule has 72 valence electrons. The third kappa shape index (κ3) is 1.26. The quantitative estimate of drug-likeness (QED) is 0.719. The Labute approximate surface area is 79.5 Å². The molecular weight excluding hydrogens is 184 g/mol. The molecule has 1 heterocycles. The van der Waals surface area contributed by atoms with Crippen LogP contribution in [0.1, 0.15) is 0 Å². The van der Waals surface area contributed by atoms with Crippen LogP contribution in [-0.4, -0.2) is 27.7 Å². The van der Waals surface area contributed by atoms with Gasteiger partial charge in [0.05, 0.1) is 7.11 Å². The number of aromatic amines is 1. The number of nitrogens with one attached hydrogen (secondary N) is 1. The van der Waals surface area contributed by atoms with Crippen LogP contribution in [0.2, 0.25) is 0 Å². The van der Waals surface area contributed by atoms with E-state index < -0.39 is 0 Å². The van der Waals surface area contributed by atoms with Crippen LogP contribution in [0.25, 0.3) is 11.4 Å². The average molecular weight is 191 g/mol. The number of hydrogen-bond donors (Lipinski definition) is 1. The highest BCUT2D eigenvalue weighted by molar-refractivity contribution is 5.66.